The molecular weight excluding hydrogens is 288 g/mol. The molecule has 0 fully saturated rings. The molecule has 3 N–H and O–H groups in total. The second-order valence-electron chi connectivity index (χ2n) is 4.50. The van der Waals surface area contributed by atoms with E-state index in [1.807, 2.05) is 6.07 Å². The molecule has 0 aromatic heterocycles. The zero-order chi connectivity index (χ0) is 16.1. The van der Waals surface area contributed by atoms with Crippen molar-refractivity contribution < 1.29 is 29.6 Å². The summed E-state index contributed by atoms with van der Waals surface area (Å²) in [6.45, 7) is -0.780. The summed E-state index contributed by atoms with van der Waals surface area (Å²) >= 11 is 0. The van der Waals surface area contributed by atoms with E-state index in [2.05, 4.69) is 0 Å². The Bertz CT molecular complexity index is 680. The zero-order valence-electron chi connectivity index (χ0n) is 11.5. The molecule has 0 amide bonds. The van der Waals surface area contributed by atoms with Crippen LogP contribution in [0.4, 0.5) is 0 Å². The van der Waals surface area contributed by atoms with Crippen LogP contribution in [0.1, 0.15) is 10.4 Å². The minimum atomic E-state index is -1.68. The lowest BCUT2D eigenvalue weighted by molar-refractivity contribution is -0.145. The van der Waals surface area contributed by atoms with Gasteiger partial charge in [-0.2, -0.15) is 0 Å². The van der Waals surface area contributed by atoms with Crippen LogP contribution in [-0.4, -0.2) is 40.0 Å². The van der Waals surface area contributed by atoms with Gasteiger partial charge >= 0.3 is 11.9 Å². The van der Waals surface area contributed by atoms with E-state index in [1.54, 1.807) is 24.3 Å². The van der Waals surface area contributed by atoms with Gasteiger partial charge in [0.15, 0.2) is 6.10 Å². The maximum absolute atomic E-state index is 11.6. The average molecular weight is 302 g/mol. The molecule has 0 aliphatic carbocycles. The molecule has 0 saturated heterocycles. The predicted molar refractivity (Wildman–Crippen MR) is 77.6 cm³/mol. The number of hydrogen-bond acceptors (Lipinski definition) is 5. The van der Waals surface area contributed by atoms with Gasteiger partial charge in [0.05, 0.1) is 12.2 Å². The van der Waals surface area contributed by atoms with Gasteiger partial charge in [-0.05, 0) is 23.8 Å². The fourth-order valence-corrected chi connectivity index (χ4v) is 1.85. The van der Waals surface area contributed by atoms with Crippen molar-refractivity contribution in [2.45, 2.75) is 6.10 Å². The van der Waals surface area contributed by atoms with E-state index in [1.165, 1.54) is 18.2 Å². The van der Waals surface area contributed by atoms with E-state index in [9.17, 15) is 14.7 Å². The third-order valence-corrected chi connectivity index (χ3v) is 2.97. The predicted octanol–water partition coefficient (Wildman–Crippen LogP) is 1.31. The summed E-state index contributed by atoms with van der Waals surface area (Å²) in [4.78, 5) is 22.7. The Morgan fingerprint density at radius 2 is 1.77 bits per heavy atom. The Morgan fingerprint density at radius 3 is 2.36 bits per heavy atom. The summed E-state index contributed by atoms with van der Waals surface area (Å²) in [5.74, 6) is -2.22. The number of rotatable bonds is 5. The van der Waals surface area contributed by atoms with E-state index >= 15 is 0 Å². The highest BCUT2D eigenvalue weighted by Crippen LogP contribution is 2.31. The Labute approximate surface area is 126 Å². The molecule has 2 rings (SSSR count). The van der Waals surface area contributed by atoms with Crippen LogP contribution in [-0.2, 0) is 4.79 Å². The molecule has 6 nitrogen and oxygen atoms in total. The second kappa shape index (κ2) is 6.84. The van der Waals surface area contributed by atoms with E-state index in [0.717, 1.165) is 5.56 Å². The van der Waals surface area contributed by atoms with Crippen molar-refractivity contribution in [3.63, 3.8) is 0 Å². The molecule has 0 radical (unpaired) electrons. The first-order valence-corrected chi connectivity index (χ1v) is 6.46. The smallest absolute Gasteiger partial charge is 0.342 e. The number of esters is 1. The van der Waals surface area contributed by atoms with Gasteiger partial charge in [-0.1, -0.05) is 30.3 Å². The summed E-state index contributed by atoms with van der Waals surface area (Å²) in [6, 6.07) is 13.1. The summed E-state index contributed by atoms with van der Waals surface area (Å²) in [6.07, 6.45) is -1.68. The van der Waals surface area contributed by atoms with Crippen molar-refractivity contribution in [2.75, 3.05) is 6.61 Å². The Kier molecular flexibility index (Phi) is 4.88. The molecule has 0 aliphatic rings. The van der Waals surface area contributed by atoms with Gasteiger partial charge < -0.3 is 20.1 Å². The largest absolute Gasteiger partial charge is 0.478 e. The SMILES string of the molecule is O=C(O)c1ccc(-c2ccccc2)c(OC(=O)C(O)CO)c1. The van der Waals surface area contributed by atoms with Crippen LogP contribution in [0.25, 0.3) is 11.1 Å². The fraction of sp³-hybridized carbons (Fsp3) is 0.125. The average Bonchev–Trinajstić information content (AvgIpc) is 2.54. The van der Waals surface area contributed by atoms with Crippen molar-refractivity contribution in [3.8, 4) is 16.9 Å². The van der Waals surface area contributed by atoms with Crippen LogP contribution >= 0.6 is 0 Å². The van der Waals surface area contributed by atoms with Crippen molar-refractivity contribution >= 4 is 11.9 Å². The van der Waals surface area contributed by atoms with Crippen molar-refractivity contribution in [1.29, 1.82) is 0 Å². The van der Waals surface area contributed by atoms with Crippen LogP contribution in [0.5, 0.6) is 5.75 Å². The maximum Gasteiger partial charge on any atom is 0.342 e. The third-order valence-electron chi connectivity index (χ3n) is 2.97. The number of ether oxygens (including phenoxy) is 1. The maximum atomic E-state index is 11.6. The summed E-state index contributed by atoms with van der Waals surface area (Å²) < 4.78 is 5.03. The molecule has 22 heavy (non-hydrogen) atoms. The zero-order valence-corrected chi connectivity index (χ0v) is 11.5. The summed E-state index contributed by atoms with van der Waals surface area (Å²) in [7, 11) is 0. The van der Waals surface area contributed by atoms with Crippen LogP contribution < -0.4 is 4.74 Å². The molecule has 114 valence electrons. The molecule has 0 bridgehead atoms. The number of aliphatic hydroxyl groups excluding tert-OH is 2. The first kappa shape index (κ1) is 15.7. The topological polar surface area (TPSA) is 104 Å². The Hall–Kier alpha value is -2.70. The number of carboxylic acids is 1. The molecule has 1 unspecified atom stereocenters. The Morgan fingerprint density at radius 1 is 1.09 bits per heavy atom. The van der Waals surface area contributed by atoms with Gasteiger partial charge in [0.1, 0.15) is 5.75 Å². The molecule has 0 spiro atoms. The van der Waals surface area contributed by atoms with Gasteiger partial charge in [0, 0.05) is 5.56 Å². The third kappa shape index (κ3) is 3.49. The number of aliphatic hydroxyl groups is 2. The first-order chi connectivity index (χ1) is 10.5. The minimum Gasteiger partial charge on any atom is -0.478 e. The van der Waals surface area contributed by atoms with Crippen molar-refractivity contribution in [3.05, 3.63) is 54.1 Å². The lowest BCUT2D eigenvalue weighted by atomic mass is 10.0. The quantitative estimate of drug-likeness (QED) is 0.568. The van der Waals surface area contributed by atoms with Crippen LogP contribution in [0.15, 0.2) is 48.5 Å². The number of aromatic carboxylic acids is 1. The summed E-state index contributed by atoms with van der Waals surface area (Å²) in [5, 5.41) is 27.1. The van der Waals surface area contributed by atoms with Crippen LogP contribution in [0, 0.1) is 0 Å². The van der Waals surface area contributed by atoms with E-state index < -0.39 is 24.6 Å². The van der Waals surface area contributed by atoms with E-state index in [-0.39, 0.29) is 11.3 Å². The van der Waals surface area contributed by atoms with E-state index in [0.29, 0.717) is 5.56 Å². The molecule has 2 aromatic rings. The van der Waals surface area contributed by atoms with E-state index in [4.69, 9.17) is 14.9 Å². The molecular formula is C16H14O6. The van der Waals surface area contributed by atoms with Gasteiger partial charge in [0.25, 0.3) is 0 Å². The molecule has 6 heteroatoms. The lowest BCUT2D eigenvalue weighted by Gasteiger charge is -2.13. The number of benzene rings is 2. The molecule has 0 aliphatic heterocycles. The number of hydrogen-bond donors (Lipinski definition) is 3. The molecule has 1 atom stereocenters. The molecule has 2 aromatic carbocycles. The second-order valence-corrected chi connectivity index (χ2v) is 4.50. The van der Waals surface area contributed by atoms with Gasteiger partial charge in [-0.3, -0.25) is 0 Å². The van der Waals surface area contributed by atoms with Gasteiger partial charge in [-0.15, -0.1) is 0 Å². The molecule has 0 saturated carbocycles. The highest BCUT2D eigenvalue weighted by Gasteiger charge is 2.19. The Balaban J connectivity index is 2.45. The normalized spacial score (nSPS) is 11.7. The number of carbonyl (C=O) groups excluding carboxylic acids is 1. The van der Waals surface area contributed by atoms with Gasteiger partial charge in [-0.25, -0.2) is 9.59 Å². The monoisotopic (exact) mass is 302 g/mol. The highest BCUT2D eigenvalue weighted by atomic mass is 16.6. The number of carbonyl (C=O) groups is 2. The number of carboxylic acid groups (broad SMARTS) is 1. The highest BCUT2D eigenvalue weighted by molar-refractivity contribution is 5.90. The molecule has 0 heterocycles. The van der Waals surface area contributed by atoms with Gasteiger partial charge in [0.2, 0.25) is 0 Å². The van der Waals surface area contributed by atoms with Crippen molar-refractivity contribution in [1.82, 2.24) is 0 Å². The summed E-state index contributed by atoms with van der Waals surface area (Å²) in [5.41, 5.74) is 1.17. The first-order valence-electron chi connectivity index (χ1n) is 6.46. The van der Waals surface area contributed by atoms with Crippen LogP contribution in [0.2, 0.25) is 0 Å². The van der Waals surface area contributed by atoms with Crippen molar-refractivity contribution in [2.24, 2.45) is 0 Å². The minimum absolute atomic E-state index is 0.00333. The fourth-order valence-electron chi connectivity index (χ4n) is 1.85. The standard InChI is InChI=1S/C16H14O6/c17-9-13(18)16(21)22-14-8-11(15(19)20)6-7-12(14)10-4-2-1-3-5-10/h1-8,13,17-18H,9H2,(H,19,20). The lowest BCUT2D eigenvalue weighted by Crippen LogP contribution is -2.29. The van der Waals surface area contributed by atoms with Crippen LogP contribution in [0.3, 0.4) is 0 Å².